The Labute approximate surface area is 109 Å². The lowest BCUT2D eigenvalue weighted by atomic mass is 10.1. The van der Waals surface area contributed by atoms with E-state index in [0.717, 1.165) is 0 Å². The van der Waals surface area contributed by atoms with E-state index < -0.39 is 6.17 Å². The number of hydrogen-bond donors (Lipinski definition) is 2. The van der Waals surface area contributed by atoms with Gasteiger partial charge < -0.3 is 10.6 Å². The summed E-state index contributed by atoms with van der Waals surface area (Å²) in [5, 5.41) is 5.99. The molecule has 0 aliphatic heterocycles. The van der Waals surface area contributed by atoms with Crippen LogP contribution in [0.3, 0.4) is 0 Å². The molecule has 1 aromatic rings. The minimum absolute atomic E-state index is 0.255. The van der Waals surface area contributed by atoms with Crippen molar-refractivity contribution in [1.82, 2.24) is 10.6 Å². The third-order valence-corrected chi connectivity index (χ3v) is 2.71. The van der Waals surface area contributed by atoms with Gasteiger partial charge in [0.25, 0.3) is 0 Å². The molecule has 0 aliphatic carbocycles. The zero-order valence-corrected chi connectivity index (χ0v) is 10.9. The third kappa shape index (κ3) is 4.24. The molecule has 0 atom stereocenters. The fraction of sp³-hybridized carbons (Fsp3) is 0.273. The summed E-state index contributed by atoms with van der Waals surface area (Å²) in [5.74, 6) is -0.510. The van der Waals surface area contributed by atoms with Crippen LogP contribution in [0.4, 0.5) is 0 Å². The molecule has 0 unspecified atom stereocenters. The standard InChI is InChI=1S/C11H12Cl2N2O2/c1-6(16)14-11(15-7(2)17)8-3-4-9(12)10(13)5-8/h3-5,11H,1-2H3,(H,14,16)(H,15,17). The Morgan fingerprint density at radius 3 is 2.00 bits per heavy atom. The second-order valence-electron chi connectivity index (χ2n) is 3.51. The van der Waals surface area contributed by atoms with E-state index in [9.17, 15) is 9.59 Å². The maximum atomic E-state index is 11.0. The Bertz CT molecular complexity index is 433. The van der Waals surface area contributed by atoms with Crippen molar-refractivity contribution >= 4 is 35.0 Å². The Kier molecular flexibility index (Phi) is 4.78. The first-order valence-corrected chi connectivity index (χ1v) is 5.65. The van der Waals surface area contributed by atoms with Crippen LogP contribution in [0.2, 0.25) is 10.0 Å². The van der Waals surface area contributed by atoms with E-state index in [0.29, 0.717) is 15.6 Å². The molecule has 1 rings (SSSR count). The number of carbonyl (C=O) groups excluding carboxylic acids is 2. The summed E-state index contributed by atoms with van der Waals surface area (Å²) >= 11 is 11.7. The van der Waals surface area contributed by atoms with Crippen LogP contribution in [-0.2, 0) is 9.59 Å². The van der Waals surface area contributed by atoms with Crippen molar-refractivity contribution in [3.05, 3.63) is 33.8 Å². The van der Waals surface area contributed by atoms with Crippen LogP contribution in [0.15, 0.2) is 18.2 Å². The molecule has 2 N–H and O–H groups in total. The highest BCUT2D eigenvalue weighted by molar-refractivity contribution is 6.42. The first-order chi connectivity index (χ1) is 7.90. The van der Waals surface area contributed by atoms with Crippen LogP contribution < -0.4 is 10.6 Å². The summed E-state index contributed by atoms with van der Waals surface area (Å²) in [6.07, 6.45) is -0.611. The molecule has 1 aromatic carbocycles. The van der Waals surface area contributed by atoms with E-state index in [1.165, 1.54) is 13.8 Å². The molecule has 92 valence electrons. The van der Waals surface area contributed by atoms with Crippen LogP contribution in [0.25, 0.3) is 0 Å². The molecule has 0 aromatic heterocycles. The molecule has 4 nitrogen and oxygen atoms in total. The average Bonchev–Trinajstić information content (AvgIpc) is 2.19. The monoisotopic (exact) mass is 274 g/mol. The molecule has 2 amide bonds. The lowest BCUT2D eigenvalue weighted by Gasteiger charge is -2.19. The molecular formula is C11H12Cl2N2O2. The van der Waals surface area contributed by atoms with Crippen LogP contribution in [0.5, 0.6) is 0 Å². The van der Waals surface area contributed by atoms with Crippen LogP contribution in [0, 0.1) is 0 Å². The Balaban J connectivity index is 2.98. The van der Waals surface area contributed by atoms with E-state index in [-0.39, 0.29) is 11.8 Å². The summed E-state index contributed by atoms with van der Waals surface area (Å²) in [6, 6.07) is 4.89. The zero-order valence-electron chi connectivity index (χ0n) is 9.38. The molecule has 17 heavy (non-hydrogen) atoms. The molecule has 0 saturated heterocycles. The summed E-state index contributed by atoms with van der Waals surface area (Å²) in [6.45, 7) is 2.73. The van der Waals surface area contributed by atoms with Crippen molar-refractivity contribution in [3.63, 3.8) is 0 Å². The van der Waals surface area contributed by atoms with Crippen molar-refractivity contribution in [2.75, 3.05) is 0 Å². The summed E-state index contributed by atoms with van der Waals surface area (Å²) in [4.78, 5) is 22.1. The van der Waals surface area contributed by atoms with Crippen LogP contribution in [0.1, 0.15) is 25.6 Å². The van der Waals surface area contributed by atoms with Crippen LogP contribution >= 0.6 is 23.2 Å². The van der Waals surface area contributed by atoms with Gasteiger partial charge in [0.15, 0.2) is 0 Å². The zero-order chi connectivity index (χ0) is 13.0. The van der Waals surface area contributed by atoms with Gasteiger partial charge in [-0.05, 0) is 17.7 Å². The fourth-order valence-electron chi connectivity index (χ4n) is 1.30. The predicted molar refractivity (Wildman–Crippen MR) is 66.8 cm³/mol. The Morgan fingerprint density at radius 1 is 1.06 bits per heavy atom. The SMILES string of the molecule is CC(=O)NC(NC(C)=O)c1ccc(Cl)c(Cl)c1. The number of nitrogens with one attached hydrogen (secondary N) is 2. The molecule has 0 heterocycles. The predicted octanol–water partition coefficient (Wildman–Crippen LogP) is 2.26. The molecule has 0 radical (unpaired) electrons. The minimum Gasteiger partial charge on any atom is -0.332 e. The number of benzene rings is 1. The van der Waals surface area contributed by atoms with E-state index in [2.05, 4.69) is 10.6 Å². The second kappa shape index (κ2) is 5.89. The largest absolute Gasteiger partial charge is 0.332 e. The van der Waals surface area contributed by atoms with E-state index >= 15 is 0 Å². The Morgan fingerprint density at radius 2 is 1.59 bits per heavy atom. The molecular weight excluding hydrogens is 263 g/mol. The van der Waals surface area contributed by atoms with Gasteiger partial charge in [0.2, 0.25) is 11.8 Å². The summed E-state index contributed by atoms with van der Waals surface area (Å²) in [5.41, 5.74) is 0.657. The number of hydrogen-bond acceptors (Lipinski definition) is 2. The number of carbonyl (C=O) groups is 2. The Hall–Kier alpha value is -1.26. The van der Waals surface area contributed by atoms with E-state index in [1.807, 2.05) is 0 Å². The highest BCUT2D eigenvalue weighted by Crippen LogP contribution is 2.24. The van der Waals surface area contributed by atoms with Gasteiger partial charge in [-0.3, -0.25) is 9.59 Å². The maximum absolute atomic E-state index is 11.0. The molecule has 0 bridgehead atoms. The van der Waals surface area contributed by atoms with E-state index in [4.69, 9.17) is 23.2 Å². The van der Waals surface area contributed by atoms with Crippen molar-refractivity contribution < 1.29 is 9.59 Å². The summed E-state index contributed by atoms with van der Waals surface area (Å²) in [7, 11) is 0. The number of rotatable bonds is 3. The lowest BCUT2D eigenvalue weighted by Crippen LogP contribution is -2.39. The maximum Gasteiger partial charge on any atom is 0.218 e. The smallest absolute Gasteiger partial charge is 0.218 e. The number of amides is 2. The van der Waals surface area contributed by atoms with Crippen molar-refractivity contribution in [2.45, 2.75) is 20.0 Å². The van der Waals surface area contributed by atoms with Crippen molar-refractivity contribution in [3.8, 4) is 0 Å². The van der Waals surface area contributed by atoms with Crippen molar-refractivity contribution in [1.29, 1.82) is 0 Å². The fourth-order valence-corrected chi connectivity index (χ4v) is 1.61. The van der Waals surface area contributed by atoms with Crippen molar-refractivity contribution in [2.24, 2.45) is 0 Å². The van der Waals surface area contributed by atoms with Crippen LogP contribution in [-0.4, -0.2) is 11.8 Å². The third-order valence-electron chi connectivity index (χ3n) is 1.97. The first-order valence-electron chi connectivity index (χ1n) is 4.89. The molecule has 0 fully saturated rings. The van der Waals surface area contributed by atoms with Gasteiger partial charge in [0.05, 0.1) is 10.0 Å². The molecule has 0 aliphatic rings. The quantitative estimate of drug-likeness (QED) is 0.831. The molecule has 6 heteroatoms. The minimum atomic E-state index is -0.611. The van der Waals surface area contributed by atoms with E-state index in [1.54, 1.807) is 18.2 Å². The van der Waals surface area contributed by atoms with Gasteiger partial charge in [-0.25, -0.2) is 0 Å². The van der Waals surface area contributed by atoms with Gasteiger partial charge in [0.1, 0.15) is 6.17 Å². The van der Waals surface area contributed by atoms with Gasteiger partial charge in [0, 0.05) is 13.8 Å². The van der Waals surface area contributed by atoms with Gasteiger partial charge in [-0.15, -0.1) is 0 Å². The topological polar surface area (TPSA) is 58.2 Å². The average molecular weight is 275 g/mol. The lowest BCUT2D eigenvalue weighted by molar-refractivity contribution is -0.122. The second-order valence-corrected chi connectivity index (χ2v) is 4.32. The van der Waals surface area contributed by atoms with Gasteiger partial charge in [-0.1, -0.05) is 29.3 Å². The summed E-state index contributed by atoms with van der Waals surface area (Å²) < 4.78 is 0. The molecule has 0 spiro atoms. The highest BCUT2D eigenvalue weighted by Gasteiger charge is 2.14. The molecule has 0 saturated carbocycles. The van der Waals surface area contributed by atoms with Gasteiger partial charge >= 0.3 is 0 Å². The normalized spacial score (nSPS) is 10.2. The first kappa shape index (κ1) is 13.8. The highest BCUT2D eigenvalue weighted by atomic mass is 35.5. The van der Waals surface area contributed by atoms with Gasteiger partial charge in [-0.2, -0.15) is 0 Å². The number of halogens is 2.